The van der Waals surface area contributed by atoms with Gasteiger partial charge in [-0.25, -0.2) is 18.5 Å². The summed E-state index contributed by atoms with van der Waals surface area (Å²) in [5.41, 5.74) is 3.14. The number of carbonyl (C=O) groups excluding carboxylic acids is 1. The van der Waals surface area contributed by atoms with Gasteiger partial charge in [-0.3, -0.25) is 4.79 Å². The molecule has 31 heavy (non-hydrogen) atoms. The zero-order valence-corrected chi connectivity index (χ0v) is 18.1. The van der Waals surface area contributed by atoms with E-state index in [2.05, 4.69) is 15.3 Å². The van der Waals surface area contributed by atoms with Crippen LogP contribution >= 0.6 is 0 Å². The molecule has 0 radical (unpaired) electrons. The monoisotopic (exact) mass is 438 g/mol. The van der Waals surface area contributed by atoms with E-state index in [4.69, 9.17) is 5.14 Å². The number of primary sulfonamides is 1. The van der Waals surface area contributed by atoms with Crippen LogP contribution in [0.3, 0.4) is 0 Å². The highest BCUT2D eigenvalue weighted by molar-refractivity contribution is 7.89. The summed E-state index contributed by atoms with van der Waals surface area (Å²) in [5, 5.41) is 8.19. The van der Waals surface area contributed by atoms with Gasteiger partial charge < -0.3 is 15.1 Å². The van der Waals surface area contributed by atoms with Crippen molar-refractivity contribution in [2.45, 2.75) is 17.9 Å². The Kier molecular flexibility index (Phi) is 5.11. The van der Waals surface area contributed by atoms with Crippen molar-refractivity contribution in [3.05, 3.63) is 65.9 Å². The second-order valence-electron chi connectivity index (χ2n) is 7.36. The first-order chi connectivity index (χ1) is 14.7. The molecule has 1 aliphatic rings. The Balaban J connectivity index is 1.68. The Bertz CT molecular complexity index is 1260. The average molecular weight is 439 g/mol. The van der Waals surface area contributed by atoms with Gasteiger partial charge in [0.2, 0.25) is 16.0 Å². The van der Waals surface area contributed by atoms with Crippen LogP contribution in [0.25, 0.3) is 0 Å². The molecule has 3 aromatic rings. The predicted molar refractivity (Wildman–Crippen MR) is 119 cm³/mol. The number of anilines is 4. The van der Waals surface area contributed by atoms with E-state index in [1.807, 2.05) is 43.1 Å². The minimum absolute atomic E-state index is 0.0188. The number of benzene rings is 2. The summed E-state index contributed by atoms with van der Waals surface area (Å²) < 4.78 is 22.8. The number of aromatic nitrogens is 2. The molecule has 2 aromatic carbocycles. The van der Waals surface area contributed by atoms with Crippen LogP contribution in [-0.2, 0) is 14.8 Å². The van der Waals surface area contributed by atoms with Crippen LogP contribution in [0, 0.1) is 6.92 Å². The first-order valence-corrected chi connectivity index (χ1v) is 11.0. The SMILES string of the molecule is Cc1ccccc1[C@@H]1C(=O)N(C)c2cnc(Nc3ccc(S(N)(=O)=O)cc3)nc2N1C. The molecule has 10 heteroatoms. The second kappa shape index (κ2) is 7.64. The Morgan fingerprint density at radius 1 is 1.06 bits per heavy atom. The van der Waals surface area contributed by atoms with Gasteiger partial charge in [-0.2, -0.15) is 4.98 Å². The lowest BCUT2D eigenvalue weighted by atomic mass is 9.97. The summed E-state index contributed by atoms with van der Waals surface area (Å²) in [6.45, 7) is 1.98. The highest BCUT2D eigenvalue weighted by Crippen LogP contribution is 2.39. The molecule has 1 aromatic heterocycles. The highest BCUT2D eigenvalue weighted by Gasteiger charge is 2.37. The molecule has 4 rings (SSSR count). The Labute approximate surface area is 180 Å². The van der Waals surface area contributed by atoms with E-state index in [9.17, 15) is 13.2 Å². The smallest absolute Gasteiger partial charge is 0.254 e. The maximum atomic E-state index is 13.1. The minimum atomic E-state index is -3.76. The van der Waals surface area contributed by atoms with Gasteiger partial charge in [-0.1, -0.05) is 24.3 Å². The van der Waals surface area contributed by atoms with Crippen molar-refractivity contribution < 1.29 is 13.2 Å². The van der Waals surface area contributed by atoms with Gasteiger partial charge in [0.25, 0.3) is 5.91 Å². The van der Waals surface area contributed by atoms with Gasteiger partial charge in [-0.15, -0.1) is 0 Å². The largest absolute Gasteiger partial charge is 0.342 e. The number of rotatable bonds is 4. The fraction of sp³-hybridized carbons (Fsp3) is 0.190. The zero-order chi connectivity index (χ0) is 22.3. The van der Waals surface area contributed by atoms with E-state index >= 15 is 0 Å². The van der Waals surface area contributed by atoms with Gasteiger partial charge >= 0.3 is 0 Å². The van der Waals surface area contributed by atoms with Crippen LogP contribution < -0.4 is 20.3 Å². The molecule has 3 N–H and O–H groups in total. The third kappa shape index (κ3) is 3.82. The van der Waals surface area contributed by atoms with Crippen molar-refractivity contribution in [1.29, 1.82) is 0 Å². The van der Waals surface area contributed by atoms with Crippen molar-refractivity contribution in [3.63, 3.8) is 0 Å². The summed E-state index contributed by atoms with van der Waals surface area (Å²) in [5.74, 6) is 0.862. The summed E-state index contributed by atoms with van der Waals surface area (Å²) in [6, 6.07) is 13.2. The lowest BCUT2D eigenvalue weighted by Crippen LogP contribution is -2.45. The quantitative estimate of drug-likeness (QED) is 0.641. The van der Waals surface area contributed by atoms with E-state index in [0.29, 0.717) is 23.1 Å². The lowest BCUT2D eigenvalue weighted by Gasteiger charge is -2.39. The number of hydrogen-bond donors (Lipinski definition) is 2. The zero-order valence-electron chi connectivity index (χ0n) is 17.3. The number of sulfonamides is 1. The number of hydrogen-bond acceptors (Lipinski definition) is 7. The van der Waals surface area contributed by atoms with E-state index in [-0.39, 0.29) is 10.8 Å². The number of likely N-dealkylation sites (N-methyl/N-ethyl adjacent to an activating group) is 2. The maximum Gasteiger partial charge on any atom is 0.254 e. The average Bonchev–Trinajstić information content (AvgIpc) is 2.73. The molecule has 0 spiro atoms. The van der Waals surface area contributed by atoms with Gasteiger partial charge in [0.05, 0.1) is 11.1 Å². The minimum Gasteiger partial charge on any atom is -0.342 e. The molecule has 9 nitrogen and oxygen atoms in total. The first-order valence-electron chi connectivity index (χ1n) is 9.49. The van der Waals surface area contributed by atoms with Crippen molar-refractivity contribution >= 4 is 39.1 Å². The maximum absolute atomic E-state index is 13.1. The van der Waals surface area contributed by atoms with Crippen LogP contribution in [0.1, 0.15) is 17.2 Å². The Morgan fingerprint density at radius 3 is 2.39 bits per heavy atom. The summed E-state index contributed by atoms with van der Waals surface area (Å²) in [6.07, 6.45) is 1.59. The molecule has 1 atom stereocenters. The van der Waals surface area contributed by atoms with E-state index in [1.54, 1.807) is 30.3 Å². The van der Waals surface area contributed by atoms with Gasteiger partial charge in [0.1, 0.15) is 11.7 Å². The number of fused-ring (bicyclic) bond motifs is 1. The fourth-order valence-electron chi connectivity index (χ4n) is 3.61. The van der Waals surface area contributed by atoms with Crippen molar-refractivity contribution in [2.75, 3.05) is 29.2 Å². The van der Waals surface area contributed by atoms with Crippen LogP contribution in [-0.4, -0.2) is 38.4 Å². The Morgan fingerprint density at radius 2 is 1.74 bits per heavy atom. The molecule has 160 valence electrons. The summed E-state index contributed by atoms with van der Waals surface area (Å²) >= 11 is 0. The molecular weight excluding hydrogens is 416 g/mol. The number of aryl methyl sites for hydroxylation is 1. The third-order valence-corrected chi connectivity index (χ3v) is 6.25. The number of nitrogens with one attached hydrogen (secondary N) is 1. The highest BCUT2D eigenvalue weighted by atomic mass is 32.2. The molecule has 0 saturated carbocycles. The van der Waals surface area contributed by atoms with E-state index in [1.165, 1.54) is 12.1 Å². The first kappa shape index (κ1) is 20.8. The van der Waals surface area contributed by atoms with E-state index in [0.717, 1.165) is 11.1 Å². The number of carbonyl (C=O) groups is 1. The van der Waals surface area contributed by atoms with Crippen LogP contribution in [0.4, 0.5) is 23.1 Å². The van der Waals surface area contributed by atoms with E-state index < -0.39 is 16.1 Å². The van der Waals surface area contributed by atoms with Crippen molar-refractivity contribution in [1.82, 2.24) is 9.97 Å². The molecule has 0 aliphatic carbocycles. The fourth-order valence-corrected chi connectivity index (χ4v) is 4.12. The van der Waals surface area contributed by atoms with Gasteiger partial charge in [0, 0.05) is 19.8 Å². The molecule has 1 amide bonds. The van der Waals surface area contributed by atoms with Gasteiger partial charge in [-0.05, 0) is 42.3 Å². The topological polar surface area (TPSA) is 122 Å². The van der Waals surface area contributed by atoms with Crippen molar-refractivity contribution in [3.8, 4) is 0 Å². The molecule has 1 aliphatic heterocycles. The van der Waals surface area contributed by atoms with Crippen molar-refractivity contribution in [2.24, 2.45) is 5.14 Å². The molecule has 2 heterocycles. The number of nitrogens with two attached hydrogens (primary N) is 1. The normalized spacial score (nSPS) is 16.3. The summed E-state index contributed by atoms with van der Waals surface area (Å²) in [4.78, 5) is 25.4. The third-order valence-electron chi connectivity index (χ3n) is 5.32. The van der Waals surface area contributed by atoms with Crippen LogP contribution in [0.2, 0.25) is 0 Å². The molecular formula is C21H22N6O3S. The lowest BCUT2D eigenvalue weighted by molar-refractivity contribution is -0.120. The number of amides is 1. The predicted octanol–water partition coefficient (Wildman–Crippen LogP) is 2.33. The second-order valence-corrected chi connectivity index (χ2v) is 8.93. The van der Waals surface area contributed by atoms with Crippen LogP contribution in [0.15, 0.2) is 59.6 Å². The number of nitrogens with zero attached hydrogens (tertiary/aromatic N) is 4. The summed E-state index contributed by atoms with van der Waals surface area (Å²) in [7, 11) is -0.220. The molecule has 0 fully saturated rings. The Hall–Kier alpha value is -3.50. The van der Waals surface area contributed by atoms with Gasteiger partial charge in [0.15, 0.2) is 5.82 Å². The molecule has 0 saturated heterocycles. The van der Waals surface area contributed by atoms with Crippen LogP contribution in [0.5, 0.6) is 0 Å². The molecule has 0 bridgehead atoms. The molecule has 0 unspecified atom stereocenters. The standard InChI is InChI=1S/C21H22N6O3S/c1-13-6-4-5-7-16(13)18-20(28)26(2)17-12-23-21(25-19(17)27(18)3)24-14-8-10-15(11-9-14)31(22,29)30/h4-12,18H,1-3H3,(H2,22,29,30)(H,23,24,25)/t18-/m1/s1.